The molecule has 0 aliphatic heterocycles. The van der Waals surface area contributed by atoms with Crippen LogP contribution in [0, 0.1) is 0 Å². The number of aliphatic hydroxyl groups is 1. The first kappa shape index (κ1) is 13.3. The second kappa shape index (κ2) is 4.22. The molecule has 1 aromatic carbocycles. The van der Waals surface area contributed by atoms with E-state index in [2.05, 4.69) is 0 Å². The average Bonchev–Trinajstić information content (AvgIpc) is 2.24. The van der Waals surface area contributed by atoms with Crippen LogP contribution in [0.2, 0.25) is 5.02 Å². The molecule has 0 spiro atoms. The summed E-state index contributed by atoms with van der Waals surface area (Å²) < 4.78 is 22.8. The topological polar surface area (TPSA) is 91.7 Å². The van der Waals surface area contributed by atoms with E-state index in [0.717, 1.165) is 0 Å². The molecule has 98 valence electrons. The molecule has 0 amide bonds. The Hall–Kier alpha value is -1.11. The zero-order valence-corrected chi connectivity index (χ0v) is 10.8. The molecule has 18 heavy (non-hydrogen) atoms. The maximum atomic E-state index is 12.4. The quantitative estimate of drug-likeness (QED) is 0.869. The summed E-state index contributed by atoms with van der Waals surface area (Å²) >= 11 is 5.80. The Kier molecular flexibility index (Phi) is 3.12. The largest absolute Gasteiger partial charge is 0.480 e. The van der Waals surface area contributed by atoms with Crippen LogP contribution in [0.15, 0.2) is 29.2 Å². The van der Waals surface area contributed by atoms with Crippen LogP contribution in [0.25, 0.3) is 0 Å². The Morgan fingerprint density at radius 2 is 1.89 bits per heavy atom. The zero-order valence-electron chi connectivity index (χ0n) is 9.21. The van der Waals surface area contributed by atoms with Crippen molar-refractivity contribution in [2.24, 2.45) is 0 Å². The fraction of sp³-hybridized carbons (Fsp3) is 0.364. The summed E-state index contributed by atoms with van der Waals surface area (Å²) in [5.41, 5.74) is 0. The molecule has 0 radical (unpaired) electrons. The lowest BCUT2D eigenvalue weighted by atomic mass is 9.81. The van der Waals surface area contributed by atoms with E-state index >= 15 is 0 Å². The first-order valence-electron chi connectivity index (χ1n) is 5.22. The van der Waals surface area contributed by atoms with Crippen molar-refractivity contribution >= 4 is 27.4 Å². The van der Waals surface area contributed by atoms with Crippen LogP contribution >= 0.6 is 11.6 Å². The number of carbonyl (C=O) groups is 1. The maximum Gasteiger partial charge on any atom is 0.325 e. The van der Waals surface area contributed by atoms with E-state index in [1.165, 1.54) is 18.2 Å². The van der Waals surface area contributed by atoms with Crippen molar-refractivity contribution in [3.8, 4) is 0 Å². The molecule has 1 aliphatic rings. The highest BCUT2D eigenvalue weighted by Crippen LogP contribution is 2.44. The van der Waals surface area contributed by atoms with Crippen molar-refractivity contribution in [2.75, 3.05) is 0 Å². The van der Waals surface area contributed by atoms with Crippen molar-refractivity contribution in [1.82, 2.24) is 0 Å². The van der Waals surface area contributed by atoms with Crippen LogP contribution in [0.3, 0.4) is 0 Å². The highest BCUT2D eigenvalue weighted by molar-refractivity contribution is 7.93. The van der Waals surface area contributed by atoms with Crippen LogP contribution in [0.1, 0.15) is 12.8 Å². The van der Waals surface area contributed by atoms with Gasteiger partial charge in [0.1, 0.15) is 0 Å². The normalized spacial score (nSPS) is 27.6. The van der Waals surface area contributed by atoms with E-state index in [-0.39, 0.29) is 22.8 Å². The van der Waals surface area contributed by atoms with Gasteiger partial charge in [0.15, 0.2) is 14.6 Å². The number of rotatable bonds is 3. The molecular formula is C11H11ClO5S. The Morgan fingerprint density at radius 1 is 1.33 bits per heavy atom. The van der Waals surface area contributed by atoms with Gasteiger partial charge in [-0.1, -0.05) is 23.7 Å². The number of benzene rings is 1. The van der Waals surface area contributed by atoms with E-state index in [1.54, 1.807) is 6.07 Å². The van der Waals surface area contributed by atoms with E-state index in [0.29, 0.717) is 0 Å². The fourth-order valence-electron chi connectivity index (χ4n) is 2.08. The molecule has 2 rings (SSSR count). The summed E-state index contributed by atoms with van der Waals surface area (Å²) in [6.45, 7) is 0. The van der Waals surface area contributed by atoms with Gasteiger partial charge in [-0.2, -0.15) is 0 Å². The number of carboxylic acid groups (broad SMARTS) is 1. The zero-order chi connectivity index (χ0) is 13.6. The lowest BCUT2D eigenvalue weighted by Crippen LogP contribution is -2.58. The monoisotopic (exact) mass is 290 g/mol. The molecule has 0 heterocycles. The molecule has 5 nitrogen and oxygen atoms in total. The lowest BCUT2D eigenvalue weighted by molar-refractivity contribution is -0.146. The molecule has 1 aromatic rings. The number of hydrogen-bond donors (Lipinski definition) is 2. The third-order valence-corrected chi connectivity index (χ3v) is 6.07. The van der Waals surface area contributed by atoms with Gasteiger partial charge in [-0.25, -0.2) is 8.42 Å². The Balaban J connectivity index is 2.56. The van der Waals surface area contributed by atoms with Gasteiger partial charge in [0.2, 0.25) is 0 Å². The van der Waals surface area contributed by atoms with Crippen LogP contribution in [-0.4, -0.2) is 35.5 Å². The minimum atomic E-state index is -4.12. The molecule has 1 saturated carbocycles. The van der Waals surface area contributed by atoms with E-state index in [9.17, 15) is 18.3 Å². The minimum Gasteiger partial charge on any atom is -0.480 e. The Bertz CT molecular complexity index is 589. The molecule has 0 bridgehead atoms. The van der Waals surface area contributed by atoms with Gasteiger partial charge in [-0.15, -0.1) is 0 Å². The summed E-state index contributed by atoms with van der Waals surface area (Å²) in [6.07, 6.45) is -1.52. The number of halogens is 1. The summed E-state index contributed by atoms with van der Waals surface area (Å²) in [6, 6.07) is 5.69. The first-order valence-corrected chi connectivity index (χ1v) is 7.08. The van der Waals surface area contributed by atoms with Gasteiger partial charge in [-0.3, -0.25) is 4.79 Å². The third kappa shape index (κ3) is 1.72. The summed E-state index contributed by atoms with van der Waals surface area (Å²) in [5.74, 6) is -1.45. The van der Waals surface area contributed by atoms with Gasteiger partial charge in [0.25, 0.3) is 0 Å². The molecule has 0 saturated heterocycles. The number of aliphatic hydroxyl groups excluding tert-OH is 1. The predicted molar refractivity (Wildman–Crippen MR) is 64.2 cm³/mol. The van der Waals surface area contributed by atoms with Gasteiger partial charge < -0.3 is 10.2 Å². The highest BCUT2D eigenvalue weighted by atomic mass is 35.5. The highest BCUT2D eigenvalue weighted by Gasteiger charge is 2.60. The standard InChI is InChI=1S/C11H11ClO5S/c12-8-3-1-2-4-9(8)18(16,17)11(10(14)15)5-7(13)6-11/h1-4,7,13H,5-6H2,(H,14,15). The molecule has 0 aromatic heterocycles. The summed E-state index contributed by atoms with van der Waals surface area (Å²) in [7, 11) is -4.12. The van der Waals surface area contributed by atoms with Crippen molar-refractivity contribution in [3.05, 3.63) is 29.3 Å². The van der Waals surface area contributed by atoms with Crippen LogP contribution in [0.5, 0.6) is 0 Å². The number of carboxylic acids is 1. The summed E-state index contributed by atoms with van der Waals surface area (Å²) in [5, 5.41) is 18.4. The van der Waals surface area contributed by atoms with Crippen molar-refractivity contribution in [1.29, 1.82) is 0 Å². The molecule has 1 fully saturated rings. The first-order chi connectivity index (χ1) is 8.31. The number of hydrogen-bond acceptors (Lipinski definition) is 4. The van der Waals surface area contributed by atoms with E-state index < -0.39 is 26.7 Å². The number of sulfone groups is 1. The minimum absolute atomic E-state index is 0.0143. The van der Waals surface area contributed by atoms with Crippen molar-refractivity contribution < 1.29 is 23.4 Å². The van der Waals surface area contributed by atoms with Crippen molar-refractivity contribution in [2.45, 2.75) is 28.6 Å². The molecular weight excluding hydrogens is 280 g/mol. The third-order valence-electron chi connectivity index (χ3n) is 3.16. The average molecular weight is 291 g/mol. The Labute approximate surface area is 109 Å². The SMILES string of the molecule is O=C(O)C1(S(=O)(=O)c2ccccc2Cl)CC(O)C1. The van der Waals surface area contributed by atoms with E-state index in [4.69, 9.17) is 16.7 Å². The Morgan fingerprint density at radius 3 is 2.33 bits per heavy atom. The molecule has 0 unspecified atom stereocenters. The van der Waals surface area contributed by atoms with Gasteiger partial charge in [0.05, 0.1) is 16.0 Å². The second-order valence-corrected chi connectivity index (χ2v) is 6.93. The van der Waals surface area contributed by atoms with Crippen LogP contribution in [0.4, 0.5) is 0 Å². The smallest absolute Gasteiger partial charge is 0.325 e. The van der Waals surface area contributed by atoms with Crippen LogP contribution in [-0.2, 0) is 14.6 Å². The summed E-state index contributed by atoms with van der Waals surface area (Å²) in [4.78, 5) is 11.0. The lowest BCUT2D eigenvalue weighted by Gasteiger charge is -2.40. The molecule has 2 N–H and O–H groups in total. The van der Waals surface area contributed by atoms with E-state index in [1.807, 2.05) is 0 Å². The molecule has 7 heteroatoms. The predicted octanol–water partition coefficient (Wildman–Crippen LogP) is 1.09. The fourth-order valence-corrected chi connectivity index (χ4v) is 4.58. The molecule has 0 atom stereocenters. The van der Waals surface area contributed by atoms with Crippen molar-refractivity contribution in [3.63, 3.8) is 0 Å². The van der Waals surface area contributed by atoms with Gasteiger partial charge in [-0.05, 0) is 12.1 Å². The second-order valence-electron chi connectivity index (χ2n) is 4.30. The molecule has 1 aliphatic carbocycles. The van der Waals surface area contributed by atoms with Gasteiger partial charge in [0, 0.05) is 12.8 Å². The van der Waals surface area contributed by atoms with Crippen LogP contribution < -0.4 is 0 Å². The van der Waals surface area contributed by atoms with Gasteiger partial charge >= 0.3 is 5.97 Å². The number of aliphatic carboxylic acids is 1. The maximum absolute atomic E-state index is 12.4.